The largest absolute Gasteiger partial charge is 0.342 e. The molecule has 0 spiro atoms. The van der Waals surface area contributed by atoms with E-state index >= 15 is 0 Å². The van der Waals surface area contributed by atoms with Gasteiger partial charge in [0.15, 0.2) is 5.69 Å². The van der Waals surface area contributed by atoms with Crippen molar-refractivity contribution in [3.05, 3.63) is 66.0 Å². The lowest BCUT2D eigenvalue weighted by Crippen LogP contribution is -2.69. The Balaban J connectivity index is 1.46. The van der Waals surface area contributed by atoms with Gasteiger partial charge in [0, 0.05) is 25.2 Å². The maximum absolute atomic E-state index is 13.8. The fraction of sp³-hybridized carbons (Fsp3) is 0.481. The van der Waals surface area contributed by atoms with Crippen LogP contribution in [0.3, 0.4) is 0 Å². The molecule has 0 bridgehead atoms. The van der Waals surface area contributed by atoms with E-state index in [1.54, 1.807) is 12.1 Å². The SMILES string of the molecule is CC[N+](C(=O)C1CCC1)(c1ccccc1)N1CCC(N(C)C(=O)Cc2ccc(F)cc2)CC1. The summed E-state index contributed by atoms with van der Waals surface area (Å²) < 4.78 is 13.4. The Labute approximate surface area is 196 Å². The van der Waals surface area contributed by atoms with Crippen LogP contribution >= 0.6 is 0 Å². The Morgan fingerprint density at radius 1 is 1.00 bits per heavy atom. The molecule has 2 aromatic rings. The van der Waals surface area contributed by atoms with Gasteiger partial charge in [-0.2, -0.15) is 0 Å². The lowest BCUT2D eigenvalue weighted by Gasteiger charge is -2.48. The fourth-order valence-corrected chi connectivity index (χ4v) is 5.29. The van der Waals surface area contributed by atoms with Crippen molar-refractivity contribution in [1.29, 1.82) is 0 Å². The lowest BCUT2D eigenvalue weighted by molar-refractivity contribution is -0.157. The van der Waals surface area contributed by atoms with Crippen molar-refractivity contribution in [2.45, 2.75) is 51.5 Å². The number of likely N-dealkylation sites (N-methyl/N-ethyl adjacent to an activating group) is 1. The van der Waals surface area contributed by atoms with Crippen LogP contribution < -0.4 is 4.59 Å². The van der Waals surface area contributed by atoms with Crippen LogP contribution in [-0.2, 0) is 16.0 Å². The summed E-state index contributed by atoms with van der Waals surface area (Å²) in [5.41, 5.74) is 1.86. The Morgan fingerprint density at radius 2 is 1.64 bits per heavy atom. The molecular weight excluding hydrogens is 417 g/mol. The first-order chi connectivity index (χ1) is 16.0. The van der Waals surface area contributed by atoms with Crippen molar-refractivity contribution in [1.82, 2.24) is 14.5 Å². The molecule has 1 saturated heterocycles. The van der Waals surface area contributed by atoms with E-state index in [1.807, 2.05) is 30.1 Å². The monoisotopic (exact) mass is 452 g/mol. The highest BCUT2D eigenvalue weighted by atomic mass is 19.1. The molecule has 1 heterocycles. The molecule has 2 aliphatic rings. The molecule has 2 fully saturated rings. The number of para-hydroxylation sites is 1. The lowest BCUT2D eigenvalue weighted by atomic mass is 9.83. The predicted molar refractivity (Wildman–Crippen MR) is 129 cm³/mol. The van der Waals surface area contributed by atoms with Gasteiger partial charge in [-0.25, -0.2) is 9.18 Å². The molecule has 4 rings (SSSR count). The van der Waals surface area contributed by atoms with Gasteiger partial charge in [-0.05, 0) is 50.3 Å². The van der Waals surface area contributed by atoms with Gasteiger partial charge < -0.3 is 4.90 Å². The first-order valence-corrected chi connectivity index (χ1v) is 12.2. The number of amides is 2. The number of benzene rings is 2. The predicted octanol–water partition coefficient (Wildman–Crippen LogP) is 4.56. The third-order valence-electron chi connectivity index (χ3n) is 7.59. The zero-order valence-corrected chi connectivity index (χ0v) is 19.8. The molecule has 2 aromatic carbocycles. The van der Waals surface area contributed by atoms with E-state index in [-0.39, 0.29) is 34.7 Å². The summed E-state index contributed by atoms with van der Waals surface area (Å²) in [7, 11) is 1.87. The van der Waals surface area contributed by atoms with Crippen molar-refractivity contribution in [3.63, 3.8) is 0 Å². The van der Waals surface area contributed by atoms with Crippen LogP contribution in [0, 0.1) is 11.7 Å². The number of quaternary nitrogens is 1. The number of carbonyl (C=O) groups is 2. The van der Waals surface area contributed by atoms with Gasteiger partial charge in [0.1, 0.15) is 12.4 Å². The number of halogens is 1. The summed E-state index contributed by atoms with van der Waals surface area (Å²) in [5, 5.41) is 2.32. The maximum Gasteiger partial charge on any atom is 0.341 e. The highest BCUT2D eigenvalue weighted by Gasteiger charge is 2.50. The summed E-state index contributed by atoms with van der Waals surface area (Å²) in [6.45, 7) is 4.33. The topological polar surface area (TPSA) is 40.6 Å². The molecule has 1 aliphatic carbocycles. The van der Waals surface area contributed by atoms with E-state index in [1.165, 1.54) is 12.1 Å². The van der Waals surface area contributed by atoms with Gasteiger partial charge in [0.25, 0.3) is 0 Å². The summed E-state index contributed by atoms with van der Waals surface area (Å²) >= 11 is 0. The molecule has 176 valence electrons. The number of piperidine rings is 1. The molecule has 5 nitrogen and oxygen atoms in total. The molecule has 2 amide bonds. The van der Waals surface area contributed by atoms with Crippen LogP contribution in [0.2, 0.25) is 0 Å². The molecule has 0 aromatic heterocycles. The standard InChI is InChI=1S/C27H35FN3O2/c1-3-31(25-10-5-4-6-11-25,27(33)22-8-7-9-22)30-18-16-24(17-19-30)29(2)26(32)20-21-12-14-23(28)15-13-21/h4-6,10-15,22,24H,3,7-9,16-20H2,1-2H3/q+1. The number of hydrogen-bond acceptors (Lipinski definition) is 3. The number of hydrogen-bond donors (Lipinski definition) is 0. The van der Waals surface area contributed by atoms with Crippen LogP contribution in [0.15, 0.2) is 54.6 Å². The Morgan fingerprint density at radius 3 is 2.18 bits per heavy atom. The summed E-state index contributed by atoms with van der Waals surface area (Å²) in [6.07, 6.45) is 5.05. The summed E-state index contributed by atoms with van der Waals surface area (Å²) in [5.74, 6) is 0.209. The van der Waals surface area contributed by atoms with Gasteiger partial charge in [-0.15, -0.1) is 9.60 Å². The second-order valence-corrected chi connectivity index (χ2v) is 9.38. The zero-order chi connectivity index (χ0) is 23.4. The van der Waals surface area contributed by atoms with Crippen LogP contribution in [0.25, 0.3) is 0 Å². The van der Waals surface area contributed by atoms with E-state index in [2.05, 4.69) is 24.1 Å². The van der Waals surface area contributed by atoms with Crippen LogP contribution in [0.5, 0.6) is 0 Å². The second-order valence-electron chi connectivity index (χ2n) is 9.38. The number of nitrogens with zero attached hydrogens (tertiary/aromatic N) is 3. The van der Waals surface area contributed by atoms with E-state index in [9.17, 15) is 14.0 Å². The van der Waals surface area contributed by atoms with E-state index in [4.69, 9.17) is 0 Å². The molecule has 0 radical (unpaired) electrons. The van der Waals surface area contributed by atoms with Gasteiger partial charge in [-0.3, -0.25) is 4.79 Å². The van der Waals surface area contributed by atoms with Crippen LogP contribution in [0.1, 0.15) is 44.6 Å². The molecule has 33 heavy (non-hydrogen) atoms. The molecule has 1 atom stereocenters. The third-order valence-corrected chi connectivity index (χ3v) is 7.59. The Bertz CT molecular complexity index is 953. The van der Waals surface area contributed by atoms with E-state index < -0.39 is 0 Å². The number of carbonyl (C=O) groups excluding carboxylic acids is 2. The zero-order valence-electron chi connectivity index (χ0n) is 19.8. The van der Waals surface area contributed by atoms with Crippen molar-refractivity contribution >= 4 is 17.5 Å². The minimum Gasteiger partial charge on any atom is -0.342 e. The average molecular weight is 453 g/mol. The normalized spacial score (nSPS) is 19.5. The van der Waals surface area contributed by atoms with Crippen LogP contribution in [0.4, 0.5) is 10.1 Å². The smallest absolute Gasteiger partial charge is 0.341 e. The minimum atomic E-state index is -0.292. The first-order valence-electron chi connectivity index (χ1n) is 12.2. The molecule has 0 N–H and O–H groups in total. The van der Waals surface area contributed by atoms with Crippen molar-refractivity contribution in [3.8, 4) is 0 Å². The summed E-state index contributed by atoms with van der Waals surface area (Å²) in [6, 6.07) is 16.4. The first kappa shape index (κ1) is 23.6. The average Bonchev–Trinajstić information content (AvgIpc) is 2.81. The highest BCUT2D eigenvalue weighted by molar-refractivity contribution is 5.90. The van der Waals surface area contributed by atoms with Gasteiger partial charge >= 0.3 is 5.91 Å². The summed E-state index contributed by atoms with van der Waals surface area (Å²) in [4.78, 5) is 28.5. The van der Waals surface area contributed by atoms with Gasteiger partial charge in [-0.1, -0.05) is 36.8 Å². The van der Waals surface area contributed by atoms with Crippen molar-refractivity contribution < 1.29 is 14.0 Å². The Hall–Kier alpha value is -2.57. The minimum absolute atomic E-state index is 0.0462. The fourth-order valence-electron chi connectivity index (χ4n) is 5.29. The third kappa shape index (κ3) is 4.73. The van der Waals surface area contributed by atoms with Gasteiger partial charge in [0.05, 0.1) is 25.4 Å². The molecule has 1 unspecified atom stereocenters. The molecule has 6 heteroatoms. The van der Waals surface area contributed by atoms with E-state index in [0.29, 0.717) is 12.5 Å². The molecule has 1 saturated carbocycles. The quantitative estimate of drug-likeness (QED) is 0.579. The van der Waals surface area contributed by atoms with Crippen molar-refractivity contribution in [2.75, 3.05) is 26.7 Å². The maximum atomic E-state index is 13.8. The second kappa shape index (κ2) is 10.1. The highest BCUT2D eigenvalue weighted by Crippen LogP contribution is 2.37. The van der Waals surface area contributed by atoms with Crippen LogP contribution in [-0.4, -0.2) is 54.4 Å². The molecular formula is C27H35FN3O2+. The number of rotatable bonds is 7. The Kier molecular flexibility index (Phi) is 7.25. The van der Waals surface area contributed by atoms with Crippen molar-refractivity contribution in [2.24, 2.45) is 5.92 Å². The molecule has 1 aliphatic heterocycles. The van der Waals surface area contributed by atoms with Gasteiger partial charge in [0.2, 0.25) is 5.91 Å². The van der Waals surface area contributed by atoms with E-state index in [0.717, 1.165) is 56.4 Å².